The van der Waals surface area contributed by atoms with Crippen LogP contribution in [0.15, 0.2) is 46.3 Å². The van der Waals surface area contributed by atoms with Gasteiger partial charge in [-0.25, -0.2) is 8.42 Å². The molecule has 0 N–H and O–H groups in total. The number of halogens is 2. The summed E-state index contributed by atoms with van der Waals surface area (Å²) in [5.41, 5.74) is 0.935. The van der Waals surface area contributed by atoms with Crippen molar-refractivity contribution in [2.24, 2.45) is 4.99 Å². The highest BCUT2D eigenvalue weighted by Crippen LogP contribution is 2.29. The van der Waals surface area contributed by atoms with Crippen molar-refractivity contribution < 1.29 is 13.2 Å². The predicted molar refractivity (Wildman–Crippen MR) is 128 cm³/mol. The highest BCUT2D eigenvalue weighted by Gasteiger charge is 2.26. The minimum Gasteiger partial charge on any atom is -0.303 e. The van der Waals surface area contributed by atoms with Crippen LogP contribution in [0.1, 0.15) is 29.6 Å². The first-order chi connectivity index (χ1) is 15.3. The number of aromatic nitrogens is 1. The Morgan fingerprint density at radius 1 is 1.12 bits per heavy atom. The van der Waals surface area contributed by atoms with Gasteiger partial charge in [0.2, 0.25) is 10.0 Å². The molecule has 10 heteroatoms. The number of fused-ring (bicyclic) bond motifs is 1. The lowest BCUT2D eigenvalue weighted by atomic mass is 10.2. The lowest BCUT2D eigenvalue weighted by molar-refractivity contribution is 0.0998. The number of thiazole rings is 1. The predicted octanol–water partition coefficient (Wildman–Crippen LogP) is 4.56. The molecule has 166 valence electrons. The number of amides is 1. The van der Waals surface area contributed by atoms with Crippen LogP contribution in [-0.2, 0) is 16.6 Å². The van der Waals surface area contributed by atoms with Gasteiger partial charge in [-0.15, -0.1) is 6.42 Å². The second-order valence-electron chi connectivity index (χ2n) is 7.32. The summed E-state index contributed by atoms with van der Waals surface area (Å²) in [6, 6.07) is 9.20. The summed E-state index contributed by atoms with van der Waals surface area (Å²) >= 11 is 13.7. The molecule has 1 saturated heterocycles. The molecule has 1 aliphatic heterocycles. The summed E-state index contributed by atoms with van der Waals surface area (Å²) in [6.45, 7) is 1.22. The number of piperidine rings is 1. The van der Waals surface area contributed by atoms with Crippen molar-refractivity contribution in [3.05, 3.63) is 56.8 Å². The van der Waals surface area contributed by atoms with E-state index in [1.807, 2.05) is 0 Å². The fourth-order valence-corrected chi connectivity index (χ4v) is 6.95. The fraction of sp³-hybridized carbons (Fsp3) is 0.273. The molecule has 1 aromatic heterocycles. The van der Waals surface area contributed by atoms with E-state index in [0.29, 0.717) is 33.5 Å². The lowest BCUT2D eigenvalue weighted by Gasteiger charge is -2.25. The third-order valence-electron chi connectivity index (χ3n) is 5.20. The average molecular weight is 508 g/mol. The lowest BCUT2D eigenvalue weighted by Crippen LogP contribution is -2.35. The Morgan fingerprint density at radius 2 is 1.81 bits per heavy atom. The number of sulfonamides is 1. The van der Waals surface area contributed by atoms with Crippen LogP contribution >= 0.6 is 34.5 Å². The quantitative estimate of drug-likeness (QED) is 0.486. The summed E-state index contributed by atoms with van der Waals surface area (Å²) in [5.74, 6) is 2.04. The molecule has 2 heterocycles. The molecule has 3 aromatic rings. The Bertz CT molecular complexity index is 1400. The monoisotopic (exact) mass is 507 g/mol. The van der Waals surface area contributed by atoms with Crippen molar-refractivity contribution >= 4 is 60.7 Å². The molecule has 1 amide bonds. The van der Waals surface area contributed by atoms with E-state index in [1.54, 1.807) is 16.7 Å². The molecule has 0 spiro atoms. The van der Waals surface area contributed by atoms with Crippen LogP contribution in [0.4, 0.5) is 0 Å². The van der Waals surface area contributed by atoms with Gasteiger partial charge in [0, 0.05) is 23.7 Å². The Morgan fingerprint density at radius 3 is 2.47 bits per heavy atom. The van der Waals surface area contributed by atoms with Gasteiger partial charge in [0.15, 0.2) is 4.80 Å². The zero-order chi connectivity index (χ0) is 22.9. The van der Waals surface area contributed by atoms with E-state index in [1.165, 1.54) is 39.9 Å². The van der Waals surface area contributed by atoms with Crippen LogP contribution in [0.5, 0.6) is 0 Å². The molecule has 2 aromatic carbocycles. The summed E-state index contributed by atoms with van der Waals surface area (Å²) in [6.07, 6.45) is 8.25. The van der Waals surface area contributed by atoms with E-state index < -0.39 is 15.9 Å². The Kier molecular flexibility index (Phi) is 6.75. The van der Waals surface area contributed by atoms with Crippen LogP contribution in [-0.4, -0.2) is 36.3 Å². The summed E-state index contributed by atoms with van der Waals surface area (Å²) in [7, 11) is -3.56. The van der Waals surface area contributed by atoms with Crippen LogP contribution in [0.2, 0.25) is 10.0 Å². The summed E-state index contributed by atoms with van der Waals surface area (Å²) in [4.78, 5) is 17.6. The standard InChI is InChI=1S/C22H19Cl2N3O3S2/c1-2-10-27-20-18(24)13-16(23)14-19(20)31-22(27)25-21(28)15-6-8-17(9-7-15)32(29,30)26-11-4-3-5-12-26/h1,6-9,13-14H,3-5,10-12H2. The highest BCUT2D eigenvalue weighted by atomic mass is 35.5. The van der Waals surface area contributed by atoms with Crippen LogP contribution in [0.25, 0.3) is 10.2 Å². The first-order valence-electron chi connectivity index (χ1n) is 9.92. The fourth-order valence-electron chi connectivity index (χ4n) is 3.63. The van der Waals surface area contributed by atoms with E-state index in [-0.39, 0.29) is 17.0 Å². The van der Waals surface area contributed by atoms with Gasteiger partial charge in [-0.1, -0.05) is 46.9 Å². The van der Waals surface area contributed by atoms with Crippen molar-refractivity contribution in [3.8, 4) is 12.3 Å². The number of hydrogen-bond acceptors (Lipinski definition) is 4. The molecule has 32 heavy (non-hydrogen) atoms. The van der Waals surface area contributed by atoms with Gasteiger partial charge in [-0.05, 0) is 49.2 Å². The molecular weight excluding hydrogens is 489 g/mol. The number of rotatable bonds is 4. The van der Waals surface area contributed by atoms with Gasteiger partial charge < -0.3 is 4.57 Å². The molecule has 0 aliphatic carbocycles. The van der Waals surface area contributed by atoms with Crippen molar-refractivity contribution in [1.82, 2.24) is 8.87 Å². The third-order valence-corrected chi connectivity index (χ3v) is 8.64. The number of carbonyl (C=O) groups excluding carboxylic acids is 1. The zero-order valence-corrected chi connectivity index (χ0v) is 20.1. The van der Waals surface area contributed by atoms with Crippen molar-refractivity contribution in [1.29, 1.82) is 0 Å². The first-order valence-corrected chi connectivity index (χ1v) is 12.9. The third kappa shape index (κ3) is 4.49. The Labute approximate surface area is 200 Å². The summed E-state index contributed by atoms with van der Waals surface area (Å²) < 4.78 is 29.6. The molecule has 0 radical (unpaired) electrons. The van der Waals surface area contributed by atoms with Gasteiger partial charge in [-0.3, -0.25) is 4.79 Å². The van der Waals surface area contributed by atoms with Gasteiger partial charge in [-0.2, -0.15) is 9.30 Å². The Balaban J connectivity index is 1.68. The maximum atomic E-state index is 12.8. The van der Waals surface area contributed by atoms with Gasteiger partial charge >= 0.3 is 0 Å². The molecule has 1 aliphatic rings. The number of hydrogen-bond donors (Lipinski definition) is 0. The van der Waals surface area contributed by atoms with Gasteiger partial charge in [0.1, 0.15) is 0 Å². The number of benzene rings is 2. The van der Waals surface area contributed by atoms with Crippen molar-refractivity contribution in [3.63, 3.8) is 0 Å². The first kappa shape index (κ1) is 23.0. The molecule has 0 saturated carbocycles. The van der Waals surface area contributed by atoms with E-state index in [4.69, 9.17) is 29.6 Å². The zero-order valence-electron chi connectivity index (χ0n) is 16.9. The van der Waals surface area contributed by atoms with Crippen molar-refractivity contribution in [2.75, 3.05) is 13.1 Å². The van der Waals surface area contributed by atoms with Gasteiger partial charge in [0.25, 0.3) is 5.91 Å². The van der Waals surface area contributed by atoms with Crippen LogP contribution in [0, 0.1) is 12.3 Å². The second kappa shape index (κ2) is 9.38. The minimum atomic E-state index is -3.56. The Hall–Kier alpha value is -2.15. The van der Waals surface area contributed by atoms with Crippen LogP contribution in [0.3, 0.4) is 0 Å². The molecule has 1 fully saturated rings. The maximum absolute atomic E-state index is 12.8. The topological polar surface area (TPSA) is 71.7 Å². The van der Waals surface area contributed by atoms with E-state index in [0.717, 1.165) is 24.0 Å². The van der Waals surface area contributed by atoms with Gasteiger partial charge in [0.05, 0.1) is 26.7 Å². The van der Waals surface area contributed by atoms with E-state index in [2.05, 4.69) is 10.9 Å². The number of terminal acetylenes is 1. The SMILES string of the molecule is C#CCn1c(=NC(=O)c2ccc(S(=O)(=O)N3CCCCC3)cc2)sc2cc(Cl)cc(Cl)c21. The van der Waals surface area contributed by atoms with Crippen molar-refractivity contribution in [2.45, 2.75) is 30.7 Å². The maximum Gasteiger partial charge on any atom is 0.279 e. The second-order valence-corrected chi connectivity index (χ2v) is 11.1. The number of nitrogens with zero attached hydrogens (tertiary/aromatic N) is 3. The highest BCUT2D eigenvalue weighted by molar-refractivity contribution is 7.89. The smallest absolute Gasteiger partial charge is 0.279 e. The molecule has 0 unspecified atom stereocenters. The molecule has 6 nitrogen and oxygen atoms in total. The average Bonchev–Trinajstić information content (AvgIpc) is 3.11. The van der Waals surface area contributed by atoms with E-state index >= 15 is 0 Å². The van der Waals surface area contributed by atoms with Crippen LogP contribution < -0.4 is 4.80 Å². The molecule has 0 atom stereocenters. The molecule has 4 rings (SSSR count). The van der Waals surface area contributed by atoms with E-state index in [9.17, 15) is 13.2 Å². The minimum absolute atomic E-state index is 0.168. The number of carbonyl (C=O) groups is 1. The molecule has 0 bridgehead atoms. The largest absolute Gasteiger partial charge is 0.303 e. The summed E-state index contributed by atoms with van der Waals surface area (Å²) in [5, 5.41) is 0.889. The normalized spacial score (nSPS) is 15.7. The molecular formula is C22H19Cl2N3O3S2.